The summed E-state index contributed by atoms with van der Waals surface area (Å²) in [5.41, 5.74) is 4.68. The van der Waals surface area contributed by atoms with Crippen molar-refractivity contribution in [3.63, 3.8) is 0 Å². The van der Waals surface area contributed by atoms with E-state index in [-0.39, 0.29) is 17.7 Å². The van der Waals surface area contributed by atoms with Crippen LogP contribution in [0.2, 0.25) is 5.02 Å². The normalized spacial score (nSPS) is 19.8. The molecule has 2 aliphatic rings. The summed E-state index contributed by atoms with van der Waals surface area (Å²) in [5.74, 6) is 1.71. The van der Waals surface area contributed by atoms with Crippen molar-refractivity contribution in [2.24, 2.45) is 0 Å². The molecular formula is C28H30ClNO4S. The van der Waals surface area contributed by atoms with E-state index >= 15 is 0 Å². The number of ketones is 1. The molecule has 0 spiro atoms. The second-order valence-corrected chi connectivity index (χ2v) is 10.5. The smallest absolute Gasteiger partial charge is 0.336 e. The molecule has 1 aliphatic heterocycles. The molecule has 1 heterocycles. The summed E-state index contributed by atoms with van der Waals surface area (Å²) in [7, 11) is 1.64. The van der Waals surface area contributed by atoms with Crippen molar-refractivity contribution in [1.29, 1.82) is 0 Å². The summed E-state index contributed by atoms with van der Waals surface area (Å²) in [5, 5.41) is 4.00. The second-order valence-electron chi connectivity index (χ2n) is 8.67. The molecule has 2 aromatic rings. The minimum Gasteiger partial charge on any atom is -0.497 e. The van der Waals surface area contributed by atoms with E-state index in [1.165, 1.54) is 0 Å². The molecule has 0 bridgehead atoms. The standard InChI is InChI=1S/C28H30ClNO4S/c1-4-35-14-13-34-28(32)25-17(2)30-23-15-20(18-7-11-22(33-3)12-8-18)16-24(31)27(23)26(25)19-5-9-21(29)10-6-19/h5-12,20,26,30H,4,13-16H2,1-3H3/t20-,26+/m1/s1. The van der Waals surface area contributed by atoms with E-state index in [4.69, 9.17) is 21.1 Å². The Morgan fingerprint density at radius 2 is 1.77 bits per heavy atom. The molecule has 35 heavy (non-hydrogen) atoms. The molecule has 1 N–H and O–H groups in total. The lowest BCUT2D eigenvalue weighted by Crippen LogP contribution is -2.36. The van der Waals surface area contributed by atoms with Crippen molar-refractivity contribution in [3.05, 3.63) is 87.2 Å². The van der Waals surface area contributed by atoms with Gasteiger partial charge < -0.3 is 14.8 Å². The maximum atomic E-state index is 13.6. The lowest BCUT2D eigenvalue weighted by Gasteiger charge is -2.36. The Hall–Kier alpha value is -2.70. The highest BCUT2D eigenvalue weighted by Crippen LogP contribution is 2.46. The van der Waals surface area contributed by atoms with Crippen molar-refractivity contribution in [2.75, 3.05) is 25.2 Å². The van der Waals surface area contributed by atoms with Gasteiger partial charge >= 0.3 is 5.97 Å². The molecular weight excluding hydrogens is 482 g/mol. The number of Topliss-reactive ketones (excluding diaryl/α,β-unsaturated/α-hetero) is 1. The lowest BCUT2D eigenvalue weighted by atomic mass is 9.72. The second kappa shape index (κ2) is 11.4. The Morgan fingerprint density at radius 3 is 2.43 bits per heavy atom. The molecule has 184 valence electrons. The predicted octanol–water partition coefficient (Wildman–Crippen LogP) is 6.01. The van der Waals surface area contributed by atoms with Crippen LogP contribution in [0.1, 0.15) is 49.7 Å². The zero-order chi connectivity index (χ0) is 24.9. The van der Waals surface area contributed by atoms with E-state index in [1.54, 1.807) is 31.0 Å². The summed E-state index contributed by atoms with van der Waals surface area (Å²) in [6.07, 6.45) is 1.07. The quantitative estimate of drug-likeness (QED) is 0.346. The molecule has 2 aromatic carbocycles. The maximum Gasteiger partial charge on any atom is 0.336 e. The number of rotatable bonds is 8. The summed E-state index contributed by atoms with van der Waals surface area (Å²) < 4.78 is 10.9. The van der Waals surface area contributed by atoms with Crippen molar-refractivity contribution < 1.29 is 19.1 Å². The number of dihydropyridines is 1. The fraction of sp³-hybridized carbons (Fsp3) is 0.357. The Morgan fingerprint density at radius 1 is 1.09 bits per heavy atom. The van der Waals surface area contributed by atoms with E-state index in [0.717, 1.165) is 39.8 Å². The summed E-state index contributed by atoms with van der Waals surface area (Å²) in [4.78, 5) is 26.9. The van der Waals surface area contributed by atoms with Crippen LogP contribution in [0.25, 0.3) is 0 Å². The van der Waals surface area contributed by atoms with Gasteiger partial charge in [0.15, 0.2) is 5.78 Å². The molecule has 0 saturated heterocycles. The molecule has 4 rings (SSSR count). The van der Waals surface area contributed by atoms with Crippen molar-refractivity contribution in [2.45, 2.75) is 38.5 Å². The highest BCUT2D eigenvalue weighted by atomic mass is 35.5. The van der Waals surface area contributed by atoms with Crippen LogP contribution in [-0.4, -0.2) is 37.0 Å². The summed E-state index contributed by atoms with van der Waals surface area (Å²) in [6.45, 7) is 4.29. The number of benzene rings is 2. The molecule has 0 saturated carbocycles. The third-order valence-corrected chi connectivity index (χ3v) is 7.62. The van der Waals surface area contributed by atoms with Crippen molar-refractivity contribution >= 4 is 35.1 Å². The highest BCUT2D eigenvalue weighted by molar-refractivity contribution is 7.99. The van der Waals surface area contributed by atoms with Crippen LogP contribution >= 0.6 is 23.4 Å². The molecule has 1 aliphatic carbocycles. The molecule has 0 aromatic heterocycles. The van der Waals surface area contributed by atoms with Gasteiger partial charge in [0.25, 0.3) is 0 Å². The number of halogens is 1. The largest absolute Gasteiger partial charge is 0.497 e. The minimum atomic E-state index is -0.487. The topological polar surface area (TPSA) is 64.6 Å². The van der Waals surface area contributed by atoms with E-state index in [1.807, 2.05) is 43.3 Å². The zero-order valence-corrected chi connectivity index (χ0v) is 21.8. The first-order valence-electron chi connectivity index (χ1n) is 11.8. The lowest BCUT2D eigenvalue weighted by molar-refractivity contribution is -0.138. The molecule has 7 heteroatoms. The van der Waals surface area contributed by atoms with Gasteiger partial charge in [-0.05, 0) is 60.4 Å². The average Bonchev–Trinajstić information content (AvgIpc) is 2.86. The van der Waals surface area contributed by atoms with Crippen LogP contribution in [0, 0.1) is 0 Å². The first kappa shape index (κ1) is 25.4. The van der Waals surface area contributed by atoms with Crippen LogP contribution in [-0.2, 0) is 14.3 Å². The van der Waals surface area contributed by atoms with Crippen LogP contribution in [0.3, 0.4) is 0 Å². The number of nitrogens with one attached hydrogen (secondary N) is 1. The zero-order valence-electron chi connectivity index (χ0n) is 20.2. The maximum absolute atomic E-state index is 13.6. The van der Waals surface area contributed by atoms with Gasteiger partial charge in [-0.3, -0.25) is 4.79 Å². The Labute approximate surface area is 215 Å². The molecule has 5 nitrogen and oxygen atoms in total. The Balaban J connectivity index is 1.69. The summed E-state index contributed by atoms with van der Waals surface area (Å²) in [6, 6.07) is 15.2. The number of esters is 1. The van der Waals surface area contributed by atoms with Gasteiger partial charge in [-0.15, -0.1) is 0 Å². The third kappa shape index (κ3) is 5.60. The number of thioether (sulfide) groups is 1. The van der Waals surface area contributed by atoms with E-state index < -0.39 is 5.92 Å². The number of hydrogen-bond acceptors (Lipinski definition) is 6. The van der Waals surface area contributed by atoms with E-state index in [2.05, 4.69) is 12.2 Å². The molecule has 0 radical (unpaired) electrons. The van der Waals surface area contributed by atoms with Crippen LogP contribution < -0.4 is 10.1 Å². The van der Waals surface area contributed by atoms with Crippen LogP contribution in [0.5, 0.6) is 5.75 Å². The van der Waals surface area contributed by atoms with Gasteiger partial charge in [0, 0.05) is 40.1 Å². The summed E-state index contributed by atoms with van der Waals surface area (Å²) >= 11 is 7.87. The third-order valence-electron chi connectivity index (χ3n) is 6.50. The van der Waals surface area contributed by atoms with Gasteiger partial charge in [-0.25, -0.2) is 4.79 Å². The van der Waals surface area contributed by atoms with Crippen molar-refractivity contribution in [3.8, 4) is 5.75 Å². The fourth-order valence-corrected chi connectivity index (χ4v) is 5.44. The number of hydrogen-bond donors (Lipinski definition) is 1. The van der Waals surface area contributed by atoms with Gasteiger partial charge in [0.2, 0.25) is 0 Å². The van der Waals surface area contributed by atoms with E-state index in [9.17, 15) is 9.59 Å². The molecule has 0 unspecified atom stereocenters. The average molecular weight is 512 g/mol. The highest BCUT2D eigenvalue weighted by Gasteiger charge is 2.41. The molecule has 0 amide bonds. The van der Waals surface area contributed by atoms with Crippen molar-refractivity contribution in [1.82, 2.24) is 5.32 Å². The Bertz CT molecular complexity index is 1150. The van der Waals surface area contributed by atoms with Crippen LogP contribution in [0.15, 0.2) is 71.1 Å². The molecule has 2 atom stereocenters. The number of ether oxygens (including phenoxy) is 2. The monoisotopic (exact) mass is 511 g/mol. The fourth-order valence-electron chi connectivity index (χ4n) is 4.83. The van der Waals surface area contributed by atoms with Gasteiger partial charge in [-0.2, -0.15) is 11.8 Å². The number of methoxy groups -OCH3 is 1. The van der Waals surface area contributed by atoms with Gasteiger partial charge in [-0.1, -0.05) is 42.8 Å². The number of carbonyl (C=O) groups is 2. The van der Waals surface area contributed by atoms with Gasteiger partial charge in [0.05, 0.1) is 12.7 Å². The first-order valence-corrected chi connectivity index (χ1v) is 13.3. The van der Waals surface area contributed by atoms with Crippen LogP contribution in [0.4, 0.5) is 0 Å². The van der Waals surface area contributed by atoms with E-state index in [0.29, 0.717) is 35.6 Å². The van der Waals surface area contributed by atoms with Gasteiger partial charge in [0.1, 0.15) is 12.4 Å². The molecule has 0 fully saturated rings. The number of carbonyl (C=O) groups excluding carboxylic acids is 2. The first-order chi connectivity index (χ1) is 16.9. The number of allylic oxidation sites excluding steroid dienone is 3. The SMILES string of the molecule is CCSCCOC(=O)C1=C(C)NC2=C(C(=O)C[C@H](c3ccc(OC)cc3)C2)[C@H]1c1ccc(Cl)cc1. The Kier molecular flexibility index (Phi) is 8.24. The predicted molar refractivity (Wildman–Crippen MR) is 141 cm³/mol. The minimum absolute atomic E-state index is 0.0406.